The molecule has 6 aromatic carbocycles. The number of fused-ring (bicyclic) bond motifs is 6. The number of hydrogen-bond acceptors (Lipinski definition) is 4. The van der Waals surface area contributed by atoms with E-state index in [0.29, 0.717) is 32.5 Å². The predicted molar refractivity (Wildman–Crippen MR) is 201 cm³/mol. The zero-order chi connectivity index (χ0) is 34.1. The van der Waals surface area contributed by atoms with E-state index in [9.17, 15) is 8.42 Å². The fourth-order valence-corrected chi connectivity index (χ4v) is 8.13. The number of sulfone groups is 1. The van der Waals surface area contributed by atoms with Crippen LogP contribution in [0.3, 0.4) is 0 Å². The van der Waals surface area contributed by atoms with Gasteiger partial charge in [0, 0.05) is 33.2 Å². The highest BCUT2D eigenvalue weighted by atomic mass is 32.2. The van der Waals surface area contributed by atoms with Gasteiger partial charge < -0.3 is 4.42 Å². The Morgan fingerprint density at radius 3 is 2.10 bits per heavy atom. The lowest BCUT2D eigenvalue weighted by molar-refractivity contribution is 0.598. The molecule has 1 atom stereocenters. The second-order valence-corrected chi connectivity index (χ2v) is 13.7. The summed E-state index contributed by atoms with van der Waals surface area (Å²) in [5.41, 5.74) is 8.34. The molecule has 49 heavy (non-hydrogen) atoms. The van der Waals surface area contributed by atoms with E-state index >= 15 is 0 Å². The third kappa shape index (κ3) is 5.79. The van der Waals surface area contributed by atoms with Crippen LogP contribution in [0.1, 0.15) is 50.4 Å². The molecule has 0 N–H and O–H groups in total. The quantitative estimate of drug-likeness (QED) is 0.136. The predicted octanol–water partition coefficient (Wildman–Crippen LogP) is 11.1. The minimum Gasteiger partial charge on any atom is -0.456 e. The Morgan fingerprint density at radius 1 is 0.633 bits per heavy atom. The van der Waals surface area contributed by atoms with Crippen LogP contribution in [-0.4, -0.2) is 20.0 Å². The Hall–Kier alpha value is -5.59. The molecule has 0 amide bonds. The SMILES string of the molecule is CC.CC(=NC(=NC(C)c1ccccc1)c1ccccc1)c1ccc2c(c1)S(=O)(=O)c1ccc(-c3cccc4oc5ccccc5c34)cc1-2. The zero-order valence-electron chi connectivity index (χ0n) is 27.9. The number of aliphatic imine (C=N–C) groups is 2. The number of amidine groups is 1. The Labute approximate surface area is 287 Å². The van der Waals surface area contributed by atoms with Crippen LogP contribution < -0.4 is 0 Å². The van der Waals surface area contributed by atoms with Gasteiger partial charge in [0.15, 0.2) is 5.84 Å². The smallest absolute Gasteiger partial charge is 0.207 e. The summed E-state index contributed by atoms with van der Waals surface area (Å²) in [6.45, 7) is 7.95. The maximum absolute atomic E-state index is 13.9. The van der Waals surface area contributed by atoms with Gasteiger partial charge in [-0.3, -0.25) is 4.99 Å². The van der Waals surface area contributed by atoms with Gasteiger partial charge in [-0.1, -0.05) is 123 Å². The standard InChI is InChI=1S/C41H30N2O3S.C2H6/c1-26(28-12-5-3-6-13-28)42-41(29-14-7-4-8-15-29)43-27(2)30-20-22-33-35-24-31(21-23-38(35)47(44,45)39(33)25-30)32-17-11-19-37-40(32)34-16-9-10-18-36(34)46-37;1-2/h3-26H,1-2H3;1-2H3. The van der Waals surface area contributed by atoms with Gasteiger partial charge in [0.1, 0.15) is 11.2 Å². The molecule has 0 spiro atoms. The number of furan rings is 1. The van der Waals surface area contributed by atoms with Crippen molar-refractivity contribution in [3.63, 3.8) is 0 Å². The molecule has 0 radical (unpaired) electrons. The van der Waals surface area contributed by atoms with Gasteiger partial charge in [-0.25, -0.2) is 13.4 Å². The normalized spacial score (nSPS) is 14.2. The monoisotopic (exact) mass is 660 g/mol. The first-order valence-corrected chi connectivity index (χ1v) is 18.0. The van der Waals surface area contributed by atoms with Gasteiger partial charge in [0.05, 0.1) is 15.8 Å². The molecular weight excluding hydrogens is 625 g/mol. The van der Waals surface area contributed by atoms with Crippen LogP contribution >= 0.6 is 0 Å². The Morgan fingerprint density at radius 2 is 1.33 bits per heavy atom. The van der Waals surface area contributed by atoms with Crippen molar-refractivity contribution in [3.8, 4) is 22.3 Å². The van der Waals surface area contributed by atoms with Crippen LogP contribution in [0.2, 0.25) is 0 Å². The van der Waals surface area contributed by atoms with Crippen LogP contribution in [0, 0.1) is 0 Å². The lowest BCUT2D eigenvalue weighted by atomic mass is 9.95. The Bertz CT molecular complexity index is 2500. The summed E-state index contributed by atoms with van der Waals surface area (Å²) < 4.78 is 33.9. The van der Waals surface area contributed by atoms with E-state index < -0.39 is 9.84 Å². The maximum Gasteiger partial charge on any atom is 0.207 e. The molecule has 242 valence electrons. The van der Waals surface area contributed by atoms with Gasteiger partial charge in [0.2, 0.25) is 9.84 Å². The van der Waals surface area contributed by atoms with Gasteiger partial charge in [-0.2, -0.15) is 0 Å². The molecule has 7 aromatic rings. The summed E-state index contributed by atoms with van der Waals surface area (Å²) in [4.78, 5) is 10.6. The average molecular weight is 661 g/mol. The molecular formula is C43H36N2O3S. The Balaban J connectivity index is 0.00000186. The number of benzene rings is 6. The van der Waals surface area contributed by atoms with E-state index in [4.69, 9.17) is 14.4 Å². The summed E-state index contributed by atoms with van der Waals surface area (Å²) in [5, 5.41) is 2.05. The summed E-state index contributed by atoms with van der Waals surface area (Å²) in [7, 11) is -3.73. The lowest BCUT2D eigenvalue weighted by Gasteiger charge is -2.11. The first-order valence-electron chi connectivity index (χ1n) is 16.6. The van der Waals surface area contributed by atoms with E-state index in [1.54, 1.807) is 12.1 Å². The summed E-state index contributed by atoms with van der Waals surface area (Å²) in [6, 6.07) is 45.0. The van der Waals surface area contributed by atoms with E-state index in [0.717, 1.165) is 49.8 Å². The molecule has 5 nitrogen and oxygen atoms in total. The van der Waals surface area contributed by atoms with Gasteiger partial charge >= 0.3 is 0 Å². The van der Waals surface area contributed by atoms with Crippen LogP contribution in [0.4, 0.5) is 0 Å². The topological polar surface area (TPSA) is 72.0 Å². The van der Waals surface area contributed by atoms with Crippen molar-refractivity contribution in [1.82, 2.24) is 0 Å². The van der Waals surface area contributed by atoms with Crippen LogP contribution in [0.15, 0.2) is 164 Å². The van der Waals surface area contributed by atoms with Crippen molar-refractivity contribution >= 4 is 43.3 Å². The van der Waals surface area contributed by atoms with Crippen molar-refractivity contribution < 1.29 is 12.8 Å². The van der Waals surface area contributed by atoms with E-state index in [1.807, 2.05) is 131 Å². The minimum atomic E-state index is -3.73. The fourth-order valence-electron chi connectivity index (χ4n) is 6.44. The summed E-state index contributed by atoms with van der Waals surface area (Å²) in [5.74, 6) is 0.594. The highest BCUT2D eigenvalue weighted by Crippen LogP contribution is 2.46. The van der Waals surface area contributed by atoms with Crippen molar-refractivity contribution in [2.24, 2.45) is 9.98 Å². The average Bonchev–Trinajstić information content (AvgIpc) is 3.64. The highest BCUT2D eigenvalue weighted by molar-refractivity contribution is 7.92. The molecule has 8 rings (SSSR count). The molecule has 6 heteroatoms. The molecule has 1 aliphatic rings. The molecule has 1 aromatic heterocycles. The van der Waals surface area contributed by atoms with Gasteiger partial charge in [-0.15, -0.1) is 0 Å². The largest absolute Gasteiger partial charge is 0.456 e. The van der Waals surface area contributed by atoms with Gasteiger partial charge in [0.25, 0.3) is 0 Å². The Kier molecular flexibility index (Phi) is 8.57. The van der Waals surface area contributed by atoms with E-state index in [1.165, 1.54) is 0 Å². The van der Waals surface area contributed by atoms with Crippen LogP contribution in [-0.2, 0) is 9.84 Å². The van der Waals surface area contributed by atoms with E-state index in [-0.39, 0.29) is 6.04 Å². The van der Waals surface area contributed by atoms with Gasteiger partial charge in [-0.05, 0) is 66.4 Å². The first kappa shape index (κ1) is 32.0. The lowest BCUT2D eigenvalue weighted by Crippen LogP contribution is -2.06. The second kappa shape index (κ2) is 13.1. The minimum absolute atomic E-state index is 0.113. The van der Waals surface area contributed by atoms with Crippen LogP contribution in [0.25, 0.3) is 44.2 Å². The number of nitrogens with zero attached hydrogens (tertiary/aromatic N) is 2. The van der Waals surface area contributed by atoms with Crippen molar-refractivity contribution in [2.45, 2.75) is 43.5 Å². The number of para-hydroxylation sites is 1. The summed E-state index contributed by atoms with van der Waals surface area (Å²) in [6.07, 6.45) is 0. The van der Waals surface area contributed by atoms with E-state index in [2.05, 4.69) is 24.3 Å². The third-order valence-corrected chi connectivity index (χ3v) is 10.7. The summed E-state index contributed by atoms with van der Waals surface area (Å²) >= 11 is 0. The number of hydrogen-bond donors (Lipinski definition) is 0. The molecule has 0 aliphatic carbocycles. The fraction of sp³-hybridized carbons (Fsp3) is 0.116. The van der Waals surface area contributed by atoms with Crippen LogP contribution in [0.5, 0.6) is 0 Å². The highest BCUT2D eigenvalue weighted by Gasteiger charge is 2.33. The molecule has 2 heterocycles. The van der Waals surface area contributed by atoms with Crippen molar-refractivity contribution in [2.75, 3.05) is 0 Å². The second-order valence-electron chi connectivity index (χ2n) is 11.8. The zero-order valence-corrected chi connectivity index (χ0v) is 28.7. The first-order chi connectivity index (χ1) is 23.9. The molecule has 0 saturated carbocycles. The molecule has 0 saturated heterocycles. The molecule has 0 fully saturated rings. The maximum atomic E-state index is 13.9. The molecule has 1 aliphatic heterocycles. The molecule has 0 bridgehead atoms. The molecule has 1 unspecified atom stereocenters. The van der Waals surface area contributed by atoms with Crippen molar-refractivity contribution in [3.05, 3.63) is 156 Å². The number of rotatable bonds is 5. The third-order valence-electron chi connectivity index (χ3n) is 8.87. The van der Waals surface area contributed by atoms with Crippen molar-refractivity contribution in [1.29, 1.82) is 0 Å².